The average Bonchev–Trinajstić information content (AvgIpc) is 2.73. The Bertz CT molecular complexity index is 940. The molecule has 0 aliphatic heterocycles. The number of nitrogens with one attached hydrogen (secondary N) is 1. The number of nitrogens with zero attached hydrogens (tertiary/aromatic N) is 1. The van der Waals surface area contributed by atoms with Gasteiger partial charge in [0.1, 0.15) is 5.75 Å². The standard InChI is InChI=1S/C21H26N2O6S/c1-2-3-4-5-6-7-16-22-30(27,28)20-14-12-19(13-15-20)29-21(24)17-8-10-18(11-9-17)23(25)26/h8-15,22H,2-7,16H2,1H3. The lowest BCUT2D eigenvalue weighted by Crippen LogP contribution is -2.24. The number of nitro benzene ring substituents is 1. The van der Waals surface area contributed by atoms with Gasteiger partial charge in [0.25, 0.3) is 5.69 Å². The molecule has 2 rings (SSSR count). The predicted molar refractivity (Wildman–Crippen MR) is 113 cm³/mol. The number of sulfonamides is 1. The van der Waals surface area contributed by atoms with Crippen LogP contribution < -0.4 is 9.46 Å². The molecule has 0 heterocycles. The first kappa shape index (κ1) is 23.5. The summed E-state index contributed by atoms with van der Waals surface area (Å²) in [4.78, 5) is 22.3. The van der Waals surface area contributed by atoms with Gasteiger partial charge >= 0.3 is 5.97 Å². The van der Waals surface area contributed by atoms with E-state index in [1.165, 1.54) is 67.8 Å². The molecule has 0 aliphatic rings. The first-order chi connectivity index (χ1) is 14.3. The molecular formula is C21H26N2O6S. The van der Waals surface area contributed by atoms with E-state index < -0.39 is 20.9 Å². The Kier molecular flexibility index (Phi) is 8.94. The van der Waals surface area contributed by atoms with E-state index in [0.29, 0.717) is 6.54 Å². The van der Waals surface area contributed by atoms with Gasteiger partial charge in [0.05, 0.1) is 15.4 Å². The zero-order chi connectivity index (χ0) is 22.0. The summed E-state index contributed by atoms with van der Waals surface area (Å²) in [5.74, 6) is -0.519. The number of unbranched alkanes of at least 4 members (excludes halogenated alkanes) is 5. The molecule has 0 amide bonds. The molecule has 8 nitrogen and oxygen atoms in total. The molecule has 30 heavy (non-hydrogen) atoms. The number of carbonyl (C=O) groups is 1. The van der Waals surface area contributed by atoms with Crippen LogP contribution in [0.5, 0.6) is 5.75 Å². The van der Waals surface area contributed by atoms with Crippen LogP contribution in [0.4, 0.5) is 5.69 Å². The number of hydrogen-bond donors (Lipinski definition) is 1. The molecule has 0 atom stereocenters. The summed E-state index contributed by atoms with van der Waals surface area (Å²) in [5.41, 5.74) is 0.0208. The van der Waals surface area contributed by atoms with Crippen LogP contribution >= 0.6 is 0 Å². The second-order valence-electron chi connectivity index (χ2n) is 6.83. The largest absolute Gasteiger partial charge is 0.423 e. The molecule has 2 aromatic carbocycles. The second-order valence-corrected chi connectivity index (χ2v) is 8.60. The van der Waals surface area contributed by atoms with Crippen LogP contribution in [0.3, 0.4) is 0 Å². The maximum atomic E-state index is 12.3. The van der Waals surface area contributed by atoms with Gasteiger partial charge < -0.3 is 4.74 Å². The highest BCUT2D eigenvalue weighted by molar-refractivity contribution is 7.89. The lowest BCUT2D eigenvalue weighted by Gasteiger charge is -2.08. The minimum absolute atomic E-state index is 0.0867. The molecule has 0 aromatic heterocycles. The smallest absolute Gasteiger partial charge is 0.343 e. The Morgan fingerprint density at radius 2 is 1.57 bits per heavy atom. The van der Waals surface area contributed by atoms with Crippen molar-refractivity contribution in [3.05, 3.63) is 64.2 Å². The van der Waals surface area contributed by atoms with E-state index in [1.807, 2.05) is 0 Å². The molecule has 1 N–H and O–H groups in total. The van der Waals surface area contributed by atoms with Gasteiger partial charge in [-0.25, -0.2) is 17.9 Å². The van der Waals surface area contributed by atoms with Gasteiger partial charge in [-0.05, 0) is 42.8 Å². The van der Waals surface area contributed by atoms with Crippen LogP contribution in [0.15, 0.2) is 53.4 Å². The topological polar surface area (TPSA) is 116 Å². The van der Waals surface area contributed by atoms with Crippen LogP contribution in [0.25, 0.3) is 0 Å². The number of rotatable bonds is 12. The Morgan fingerprint density at radius 3 is 2.17 bits per heavy atom. The molecule has 162 valence electrons. The second kappa shape index (κ2) is 11.4. The van der Waals surface area contributed by atoms with Crippen molar-refractivity contribution >= 4 is 21.7 Å². The Morgan fingerprint density at radius 1 is 0.967 bits per heavy atom. The van der Waals surface area contributed by atoms with Gasteiger partial charge in [-0.1, -0.05) is 39.0 Å². The highest BCUT2D eigenvalue weighted by atomic mass is 32.2. The van der Waals surface area contributed by atoms with Gasteiger partial charge in [0.15, 0.2) is 0 Å². The fourth-order valence-electron chi connectivity index (χ4n) is 2.77. The molecular weight excluding hydrogens is 408 g/mol. The van der Waals surface area contributed by atoms with E-state index in [9.17, 15) is 23.3 Å². The summed E-state index contributed by atoms with van der Waals surface area (Å²) in [6, 6.07) is 10.5. The zero-order valence-electron chi connectivity index (χ0n) is 16.9. The highest BCUT2D eigenvalue weighted by Crippen LogP contribution is 2.18. The third kappa shape index (κ3) is 7.23. The van der Waals surface area contributed by atoms with Crippen LogP contribution in [-0.2, 0) is 10.0 Å². The van der Waals surface area contributed by atoms with Crippen molar-refractivity contribution in [3.8, 4) is 5.75 Å². The van der Waals surface area contributed by atoms with Gasteiger partial charge in [-0.15, -0.1) is 0 Å². The summed E-state index contributed by atoms with van der Waals surface area (Å²) in [6.45, 7) is 2.53. The SMILES string of the molecule is CCCCCCCCNS(=O)(=O)c1ccc(OC(=O)c2ccc([N+](=O)[O-])cc2)cc1. The fourth-order valence-corrected chi connectivity index (χ4v) is 3.84. The van der Waals surface area contributed by atoms with Crippen molar-refractivity contribution in [2.24, 2.45) is 0 Å². The molecule has 0 radical (unpaired) electrons. The lowest BCUT2D eigenvalue weighted by molar-refractivity contribution is -0.384. The first-order valence-corrected chi connectivity index (χ1v) is 11.4. The Labute approximate surface area is 176 Å². The third-order valence-electron chi connectivity index (χ3n) is 4.48. The van der Waals surface area contributed by atoms with Crippen molar-refractivity contribution in [2.75, 3.05) is 6.54 Å². The number of carbonyl (C=O) groups excluding carboxylic acids is 1. The van der Waals surface area contributed by atoms with Gasteiger partial charge in [-0.3, -0.25) is 10.1 Å². The van der Waals surface area contributed by atoms with E-state index >= 15 is 0 Å². The third-order valence-corrected chi connectivity index (χ3v) is 5.96. The highest BCUT2D eigenvalue weighted by Gasteiger charge is 2.15. The zero-order valence-corrected chi connectivity index (χ0v) is 17.7. The molecule has 9 heteroatoms. The monoisotopic (exact) mass is 434 g/mol. The number of hydrogen-bond acceptors (Lipinski definition) is 6. The summed E-state index contributed by atoms with van der Waals surface area (Å²) in [5, 5.41) is 10.7. The maximum absolute atomic E-state index is 12.3. The summed E-state index contributed by atoms with van der Waals surface area (Å²) in [7, 11) is -3.62. The van der Waals surface area contributed by atoms with Gasteiger partial charge in [-0.2, -0.15) is 0 Å². The van der Waals surface area contributed by atoms with Gasteiger partial charge in [0, 0.05) is 18.7 Å². The van der Waals surface area contributed by atoms with E-state index in [0.717, 1.165) is 19.3 Å². The molecule has 2 aromatic rings. The quantitative estimate of drug-likeness (QED) is 0.173. The van der Waals surface area contributed by atoms with Gasteiger partial charge in [0.2, 0.25) is 10.0 Å². The van der Waals surface area contributed by atoms with Crippen molar-refractivity contribution in [3.63, 3.8) is 0 Å². The van der Waals surface area contributed by atoms with E-state index in [2.05, 4.69) is 11.6 Å². The average molecular weight is 435 g/mol. The lowest BCUT2D eigenvalue weighted by atomic mass is 10.1. The fraction of sp³-hybridized carbons (Fsp3) is 0.381. The molecule has 0 fully saturated rings. The minimum atomic E-state index is -3.62. The maximum Gasteiger partial charge on any atom is 0.343 e. The Hall–Kier alpha value is -2.78. The van der Waals surface area contributed by atoms with Crippen LogP contribution in [0, 0.1) is 10.1 Å². The molecule has 0 saturated carbocycles. The van der Waals surface area contributed by atoms with E-state index in [4.69, 9.17) is 4.74 Å². The van der Waals surface area contributed by atoms with E-state index in [1.54, 1.807) is 0 Å². The molecule has 0 saturated heterocycles. The number of benzene rings is 2. The minimum Gasteiger partial charge on any atom is -0.423 e. The van der Waals surface area contributed by atoms with Crippen LogP contribution in [0.1, 0.15) is 55.8 Å². The van der Waals surface area contributed by atoms with Crippen LogP contribution in [0.2, 0.25) is 0 Å². The molecule has 0 aliphatic carbocycles. The molecule has 0 bridgehead atoms. The number of non-ortho nitro benzene ring substituents is 1. The summed E-state index contributed by atoms with van der Waals surface area (Å²) < 4.78 is 32.4. The number of ether oxygens (including phenoxy) is 1. The molecule has 0 spiro atoms. The molecule has 0 unspecified atom stereocenters. The predicted octanol–water partition coefficient (Wildman–Crippen LogP) is 4.45. The Balaban J connectivity index is 1.87. The van der Waals surface area contributed by atoms with E-state index in [-0.39, 0.29) is 21.9 Å². The van der Waals surface area contributed by atoms with Crippen LogP contribution in [-0.4, -0.2) is 25.9 Å². The summed E-state index contributed by atoms with van der Waals surface area (Å²) in [6.07, 6.45) is 6.42. The van der Waals surface area contributed by atoms with Crippen molar-refractivity contribution in [2.45, 2.75) is 50.3 Å². The first-order valence-electron chi connectivity index (χ1n) is 9.90. The number of esters is 1. The van der Waals surface area contributed by atoms with Crippen molar-refractivity contribution in [1.29, 1.82) is 0 Å². The van der Waals surface area contributed by atoms with Crippen molar-refractivity contribution in [1.82, 2.24) is 4.72 Å². The summed E-state index contributed by atoms with van der Waals surface area (Å²) >= 11 is 0. The van der Waals surface area contributed by atoms with Crippen molar-refractivity contribution < 1.29 is 22.9 Å². The normalized spacial score (nSPS) is 11.2. The number of nitro groups is 1.